The van der Waals surface area contributed by atoms with Crippen molar-refractivity contribution in [1.29, 1.82) is 0 Å². The van der Waals surface area contributed by atoms with E-state index in [0.29, 0.717) is 28.7 Å². The number of anilines is 1. The molecular formula is C23H17N5O3. The Labute approximate surface area is 177 Å². The Morgan fingerprint density at radius 1 is 1.03 bits per heavy atom. The fraction of sp³-hybridized carbons (Fsp3) is 0.0435. The van der Waals surface area contributed by atoms with Crippen molar-refractivity contribution in [2.45, 2.75) is 6.92 Å². The Balaban J connectivity index is 1.24. The largest absolute Gasteiger partial charge is 0.451 e. The van der Waals surface area contributed by atoms with Crippen molar-refractivity contribution >= 4 is 22.6 Å². The Hall–Kier alpha value is -4.46. The predicted octanol–water partition coefficient (Wildman–Crippen LogP) is 4.76. The van der Waals surface area contributed by atoms with Crippen molar-refractivity contribution < 1.29 is 13.9 Å². The van der Waals surface area contributed by atoms with Gasteiger partial charge in [-0.25, -0.2) is 4.98 Å². The lowest BCUT2D eigenvalue weighted by atomic mass is 10.2. The van der Waals surface area contributed by atoms with Gasteiger partial charge in [0.15, 0.2) is 11.6 Å². The van der Waals surface area contributed by atoms with E-state index in [1.165, 1.54) is 0 Å². The van der Waals surface area contributed by atoms with Crippen molar-refractivity contribution in [3.63, 3.8) is 0 Å². The molecule has 1 N–H and O–H groups in total. The SMILES string of the molecule is Cc1nccn1-c1ccc(Oc2ccc(NC(=O)c3cc4ccccc4o3)cc2)nn1. The molecule has 0 aliphatic rings. The van der Waals surface area contributed by atoms with Gasteiger partial charge in [0.25, 0.3) is 5.91 Å². The number of hydrogen-bond acceptors (Lipinski definition) is 6. The van der Waals surface area contributed by atoms with Crippen LogP contribution in [0, 0.1) is 6.92 Å². The second-order valence-electron chi connectivity index (χ2n) is 6.80. The molecule has 0 fully saturated rings. The Bertz CT molecular complexity index is 1320. The summed E-state index contributed by atoms with van der Waals surface area (Å²) >= 11 is 0. The van der Waals surface area contributed by atoms with Gasteiger partial charge in [-0.2, -0.15) is 0 Å². The minimum atomic E-state index is -0.318. The van der Waals surface area contributed by atoms with Gasteiger partial charge < -0.3 is 14.5 Å². The first-order chi connectivity index (χ1) is 15.2. The van der Waals surface area contributed by atoms with Crippen LogP contribution >= 0.6 is 0 Å². The average molecular weight is 411 g/mol. The summed E-state index contributed by atoms with van der Waals surface area (Å²) in [4.78, 5) is 16.6. The molecule has 5 aromatic rings. The molecule has 0 saturated carbocycles. The summed E-state index contributed by atoms with van der Waals surface area (Å²) in [5.74, 6) is 2.35. The smallest absolute Gasteiger partial charge is 0.291 e. The van der Waals surface area contributed by atoms with Crippen LogP contribution in [0.4, 0.5) is 5.69 Å². The molecule has 0 aliphatic heterocycles. The number of amides is 1. The molecule has 3 aromatic heterocycles. The van der Waals surface area contributed by atoms with Crippen LogP contribution in [0.25, 0.3) is 16.8 Å². The van der Waals surface area contributed by atoms with Crippen LogP contribution in [-0.4, -0.2) is 25.7 Å². The third-order valence-corrected chi connectivity index (χ3v) is 4.68. The summed E-state index contributed by atoms with van der Waals surface area (Å²) < 4.78 is 13.2. The normalized spacial score (nSPS) is 10.9. The van der Waals surface area contributed by atoms with Crippen LogP contribution < -0.4 is 10.1 Å². The summed E-state index contributed by atoms with van der Waals surface area (Å²) in [6.45, 7) is 1.89. The van der Waals surface area contributed by atoms with Crippen molar-refractivity contribution in [1.82, 2.24) is 19.7 Å². The average Bonchev–Trinajstić information content (AvgIpc) is 3.42. The van der Waals surface area contributed by atoms with E-state index in [4.69, 9.17) is 9.15 Å². The van der Waals surface area contributed by atoms with Gasteiger partial charge >= 0.3 is 0 Å². The summed E-state index contributed by atoms with van der Waals surface area (Å²) in [5, 5.41) is 12.0. The first-order valence-electron chi connectivity index (χ1n) is 9.58. The predicted molar refractivity (Wildman–Crippen MR) is 115 cm³/mol. The minimum absolute atomic E-state index is 0.255. The maximum atomic E-state index is 12.5. The zero-order chi connectivity index (χ0) is 21.2. The van der Waals surface area contributed by atoms with Gasteiger partial charge in [-0.05, 0) is 49.4 Å². The molecule has 0 atom stereocenters. The topological polar surface area (TPSA) is 95.1 Å². The van der Waals surface area contributed by atoms with E-state index in [1.807, 2.05) is 42.0 Å². The molecule has 0 radical (unpaired) electrons. The molecule has 5 rings (SSSR count). The third-order valence-electron chi connectivity index (χ3n) is 4.68. The highest BCUT2D eigenvalue weighted by molar-refractivity contribution is 6.04. The maximum absolute atomic E-state index is 12.5. The maximum Gasteiger partial charge on any atom is 0.291 e. The number of furan rings is 1. The van der Waals surface area contributed by atoms with Gasteiger partial charge in [0, 0.05) is 29.5 Å². The van der Waals surface area contributed by atoms with Gasteiger partial charge in [-0.3, -0.25) is 9.36 Å². The van der Waals surface area contributed by atoms with Crippen LogP contribution in [0.1, 0.15) is 16.4 Å². The molecule has 3 heterocycles. The van der Waals surface area contributed by atoms with E-state index in [2.05, 4.69) is 20.5 Å². The standard InChI is InChI=1S/C23H17N5O3/c1-15-24-12-13-28(15)21-10-11-22(27-26-21)30-18-8-6-17(7-9-18)25-23(29)20-14-16-4-2-3-5-19(16)31-20/h2-14H,1H3,(H,25,29). The number of aromatic nitrogens is 4. The molecule has 2 aromatic carbocycles. The molecule has 8 heteroatoms. The summed E-state index contributed by atoms with van der Waals surface area (Å²) in [5.41, 5.74) is 1.29. The molecule has 1 amide bonds. The van der Waals surface area contributed by atoms with Crippen LogP contribution in [-0.2, 0) is 0 Å². The number of imidazole rings is 1. The van der Waals surface area contributed by atoms with Gasteiger partial charge in [0.2, 0.25) is 5.88 Å². The fourth-order valence-electron chi connectivity index (χ4n) is 3.13. The Morgan fingerprint density at radius 3 is 2.58 bits per heavy atom. The number of hydrogen-bond donors (Lipinski definition) is 1. The number of aryl methyl sites for hydroxylation is 1. The third kappa shape index (κ3) is 3.86. The van der Waals surface area contributed by atoms with E-state index >= 15 is 0 Å². The van der Waals surface area contributed by atoms with E-state index in [0.717, 1.165) is 11.2 Å². The van der Waals surface area contributed by atoms with Crippen molar-refractivity contribution in [2.24, 2.45) is 0 Å². The number of rotatable bonds is 5. The molecule has 152 valence electrons. The number of carbonyl (C=O) groups excluding carboxylic acids is 1. The number of para-hydroxylation sites is 1. The Morgan fingerprint density at radius 2 is 1.87 bits per heavy atom. The van der Waals surface area contributed by atoms with E-state index in [-0.39, 0.29) is 11.7 Å². The number of carbonyl (C=O) groups is 1. The summed E-state index contributed by atoms with van der Waals surface area (Å²) in [6.07, 6.45) is 3.52. The number of ether oxygens (including phenoxy) is 1. The van der Waals surface area contributed by atoms with Crippen molar-refractivity contribution in [3.8, 4) is 17.4 Å². The number of benzene rings is 2. The van der Waals surface area contributed by atoms with Crippen LogP contribution in [0.5, 0.6) is 11.6 Å². The quantitative estimate of drug-likeness (QED) is 0.448. The molecule has 31 heavy (non-hydrogen) atoms. The molecular weight excluding hydrogens is 394 g/mol. The van der Waals surface area contributed by atoms with Crippen molar-refractivity contribution in [2.75, 3.05) is 5.32 Å². The van der Waals surface area contributed by atoms with Crippen LogP contribution in [0.2, 0.25) is 0 Å². The lowest BCUT2D eigenvalue weighted by Crippen LogP contribution is -2.10. The molecule has 0 aliphatic carbocycles. The lowest BCUT2D eigenvalue weighted by molar-refractivity contribution is 0.0998. The molecule has 0 saturated heterocycles. The first kappa shape index (κ1) is 18.6. The van der Waals surface area contributed by atoms with E-state index < -0.39 is 0 Å². The second kappa shape index (κ2) is 7.75. The lowest BCUT2D eigenvalue weighted by Gasteiger charge is -2.07. The summed E-state index contributed by atoms with van der Waals surface area (Å²) in [7, 11) is 0. The minimum Gasteiger partial charge on any atom is -0.451 e. The monoisotopic (exact) mass is 411 g/mol. The van der Waals surface area contributed by atoms with Gasteiger partial charge in [0.1, 0.15) is 17.2 Å². The molecule has 0 unspecified atom stereocenters. The molecule has 0 spiro atoms. The van der Waals surface area contributed by atoms with E-state index in [9.17, 15) is 4.79 Å². The van der Waals surface area contributed by atoms with Crippen LogP contribution in [0.15, 0.2) is 83.5 Å². The van der Waals surface area contributed by atoms with Gasteiger partial charge in [0.05, 0.1) is 0 Å². The zero-order valence-corrected chi connectivity index (χ0v) is 16.5. The summed E-state index contributed by atoms with van der Waals surface area (Å²) in [6, 6.07) is 19.7. The highest BCUT2D eigenvalue weighted by Gasteiger charge is 2.12. The molecule has 8 nitrogen and oxygen atoms in total. The highest BCUT2D eigenvalue weighted by Crippen LogP contribution is 2.23. The van der Waals surface area contributed by atoms with E-state index in [1.54, 1.807) is 48.7 Å². The van der Waals surface area contributed by atoms with Crippen LogP contribution in [0.3, 0.4) is 0 Å². The highest BCUT2D eigenvalue weighted by atomic mass is 16.5. The van der Waals surface area contributed by atoms with Crippen molar-refractivity contribution in [3.05, 3.63) is 90.7 Å². The number of nitrogens with one attached hydrogen (secondary N) is 1. The zero-order valence-electron chi connectivity index (χ0n) is 16.5. The molecule has 0 bridgehead atoms. The Kier molecular flexibility index (Phi) is 4.64. The van der Waals surface area contributed by atoms with Gasteiger partial charge in [-0.15, -0.1) is 10.2 Å². The second-order valence-corrected chi connectivity index (χ2v) is 6.80. The fourth-order valence-corrected chi connectivity index (χ4v) is 3.13. The number of nitrogens with zero attached hydrogens (tertiary/aromatic N) is 4. The first-order valence-corrected chi connectivity index (χ1v) is 9.58. The van der Waals surface area contributed by atoms with Gasteiger partial charge in [-0.1, -0.05) is 18.2 Å². The number of fused-ring (bicyclic) bond motifs is 1.